The number of aliphatic imine (C=N–C) groups is 3. The van der Waals surface area contributed by atoms with Gasteiger partial charge in [-0.2, -0.15) is 5.26 Å². The van der Waals surface area contributed by atoms with E-state index in [1.165, 1.54) is 39.0 Å². The molecule has 6 aromatic rings. The highest BCUT2D eigenvalue weighted by molar-refractivity contribution is 6.12. The fraction of sp³-hybridized carbons (Fsp3) is 0.104. The second-order valence-electron chi connectivity index (χ2n) is 13.4. The first-order valence-corrected chi connectivity index (χ1v) is 17.9. The number of benzene rings is 5. The van der Waals surface area contributed by atoms with Gasteiger partial charge in [-0.3, -0.25) is 9.98 Å². The standard InChI is InChI=1S/C48H37N5/c1-33-20-24-37(25-21-33)47(53-46(50-2)36-26-22-34(30-49)23-27-36)52-31-35-11-8-12-38(29-35)41-17-9-19-44-45(41)42-16-6-7-18-43(42)48(44,39-13-4-3-5-14-39)40-15-10-28-51-32-40/h4,6-29,32H,2-3,5,31H2,1H3. The van der Waals surface area contributed by atoms with E-state index < -0.39 is 5.41 Å². The molecule has 0 saturated heterocycles. The number of rotatable bonds is 7. The molecule has 0 amide bonds. The van der Waals surface area contributed by atoms with Crippen LogP contribution in [0.4, 0.5) is 0 Å². The van der Waals surface area contributed by atoms with Crippen LogP contribution >= 0.6 is 0 Å². The summed E-state index contributed by atoms with van der Waals surface area (Å²) in [6.07, 6.45) is 13.0. The smallest absolute Gasteiger partial charge is 0.161 e. The topological polar surface area (TPSA) is 73.8 Å². The summed E-state index contributed by atoms with van der Waals surface area (Å²) >= 11 is 0. The van der Waals surface area contributed by atoms with Crippen LogP contribution < -0.4 is 0 Å². The first kappa shape index (κ1) is 33.4. The maximum atomic E-state index is 9.28. The first-order valence-electron chi connectivity index (χ1n) is 17.9. The highest BCUT2D eigenvalue weighted by atomic mass is 15.0. The Hall–Kier alpha value is -6.77. The van der Waals surface area contributed by atoms with Gasteiger partial charge in [0.05, 0.1) is 23.6 Å². The van der Waals surface area contributed by atoms with Crippen molar-refractivity contribution < 1.29 is 0 Å². The number of aromatic nitrogens is 1. The summed E-state index contributed by atoms with van der Waals surface area (Å²) in [5.74, 6) is 1.01. The molecule has 0 saturated carbocycles. The van der Waals surface area contributed by atoms with Gasteiger partial charge in [-0.1, -0.05) is 115 Å². The van der Waals surface area contributed by atoms with Gasteiger partial charge in [0.2, 0.25) is 0 Å². The van der Waals surface area contributed by atoms with Crippen molar-refractivity contribution in [1.82, 2.24) is 4.98 Å². The van der Waals surface area contributed by atoms with Crippen LogP contribution in [0.25, 0.3) is 22.3 Å². The van der Waals surface area contributed by atoms with Gasteiger partial charge in [0.1, 0.15) is 0 Å². The molecule has 0 aliphatic heterocycles. The largest absolute Gasteiger partial charge is 0.264 e. The monoisotopic (exact) mass is 683 g/mol. The molecule has 5 heteroatoms. The van der Waals surface area contributed by atoms with E-state index in [4.69, 9.17) is 9.98 Å². The van der Waals surface area contributed by atoms with Crippen molar-refractivity contribution in [3.05, 3.63) is 208 Å². The quantitative estimate of drug-likeness (QED) is 0.124. The van der Waals surface area contributed by atoms with Gasteiger partial charge in [0, 0.05) is 23.5 Å². The molecular formula is C48H37N5. The zero-order valence-corrected chi connectivity index (χ0v) is 29.6. The lowest BCUT2D eigenvalue weighted by atomic mass is 9.66. The van der Waals surface area contributed by atoms with Crippen LogP contribution in [0, 0.1) is 18.3 Å². The molecule has 53 heavy (non-hydrogen) atoms. The van der Waals surface area contributed by atoms with Crippen LogP contribution in [0.3, 0.4) is 0 Å². The maximum absolute atomic E-state index is 9.28. The first-order chi connectivity index (χ1) is 26.1. The number of hydrogen-bond acceptors (Lipinski definition) is 3. The molecule has 0 radical (unpaired) electrons. The number of fused-ring (bicyclic) bond motifs is 3. The van der Waals surface area contributed by atoms with Crippen molar-refractivity contribution in [2.45, 2.75) is 31.7 Å². The summed E-state index contributed by atoms with van der Waals surface area (Å²) < 4.78 is 0. The lowest BCUT2D eigenvalue weighted by Gasteiger charge is -2.35. The molecule has 2 aliphatic rings. The molecule has 1 aromatic heterocycles. The lowest BCUT2D eigenvalue weighted by Crippen LogP contribution is -2.29. The third-order valence-electron chi connectivity index (χ3n) is 10.2. The average molecular weight is 684 g/mol. The van der Waals surface area contributed by atoms with E-state index in [1.807, 2.05) is 42.7 Å². The summed E-state index contributed by atoms with van der Waals surface area (Å²) in [7, 11) is 0. The maximum Gasteiger partial charge on any atom is 0.161 e. The van der Waals surface area contributed by atoms with Gasteiger partial charge in [0.15, 0.2) is 11.7 Å². The van der Waals surface area contributed by atoms with Crippen molar-refractivity contribution in [2.24, 2.45) is 15.0 Å². The molecule has 5 aromatic carbocycles. The van der Waals surface area contributed by atoms with Crippen molar-refractivity contribution in [3.8, 4) is 28.3 Å². The molecule has 1 atom stereocenters. The molecule has 2 aliphatic carbocycles. The normalized spacial score (nSPS) is 16.3. The minimum Gasteiger partial charge on any atom is -0.264 e. The Morgan fingerprint density at radius 3 is 2.30 bits per heavy atom. The fourth-order valence-corrected chi connectivity index (χ4v) is 7.72. The predicted octanol–water partition coefficient (Wildman–Crippen LogP) is 10.6. The van der Waals surface area contributed by atoms with Crippen LogP contribution in [0.15, 0.2) is 179 Å². The number of pyridine rings is 1. The second kappa shape index (κ2) is 14.5. The Morgan fingerprint density at radius 1 is 0.792 bits per heavy atom. The van der Waals surface area contributed by atoms with Crippen molar-refractivity contribution in [3.63, 3.8) is 0 Å². The number of allylic oxidation sites excluding steroid dienone is 4. The molecule has 0 N–H and O–H groups in total. The fourth-order valence-electron chi connectivity index (χ4n) is 7.72. The zero-order valence-electron chi connectivity index (χ0n) is 29.6. The third-order valence-corrected chi connectivity index (χ3v) is 10.2. The number of aryl methyl sites for hydroxylation is 1. The highest BCUT2D eigenvalue weighted by Gasteiger charge is 2.47. The van der Waals surface area contributed by atoms with E-state index in [9.17, 15) is 5.26 Å². The predicted molar refractivity (Wildman–Crippen MR) is 217 cm³/mol. The van der Waals surface area contributed by atoms with E-state index in [2.05, 4.69) is 133 Å². The van der Waals surface area contributed by atoms with E-state index >= 15 is 0 Å². The third kappa shape index (κ3) is 6.15. The van der Waals surface area contributed by atoms with Crippen LogP contribution in [0.5, 0.6) is 0 Å². The molecule has 254 valence electrons. The van der Waals surface area contributed by atoms with E-state index in [0.29, 0.717) is 23.8 Å². The van der Waals surface area contributed by atoms with Gasteiger partial charge < -0.3 is 0 Å². The summed E-state index contributed by atoms with van der Waals surface area (Å²) in [5, 5.41) is 9.28. The Balaban J connectivity index is 1.23. The Bertz CT molecular complexity index is 2500. The van der Waals surface area contributed by atoms with Crippen molar-refractivity contribution in [2.75, 3.05) is 0 Å². The van der Waals surface area contributed by atoms with E-state index in [-0.39, 0.29) is 0 Å². The second-order valence-corrected chi connectivity index (χ2v) is 13.4. The summed E-state index contributed by atoms with van der Waals surface area (Å²) in [4.78, 5) is 18.9. The van der Waals surface area contributed by atoms with Crippen molar-refractivity contribution in [1.29, 1.82) is 5.26 Å². The summed E-state index contributed by atoms with van der Waals surface area (Å²) in [6, 6.07) is 46.1. The van der Waals surface area contributed by atoms with E-state index in [1.54, 1.807) is 12.1 Å². The number of nitrogens with zero attached hydrogens (tertiary/aromatic N) is 5. The molecule has 8 rings (SSSR count). The van der Waals surface area contributed by atoms with Gasteiger partial charge >= 0.3 is 0 Å². The molecule has 0 fully saturated rings. The molecule has 0 spiro atoms. The summed E-state index contributed by atoms with van der Waals surface area (Å²) in [5.41, 5.74) is 13.8. The minimum atomic E-state index is -0.470. The molecule has 1 unspecified atom stereocenters. The SMILES string of the molecule is C=NC(=NC(=NCc1cccc(-c2cccc3c2-c2ccccc2C3(C2=CCCC=C2)c2cccnc2)c1)c1ccc(C)cc1)c1ccc(C#N)cc1. The zero-order chi connectivity index (χ0) is 36.2. The van der Waals surface area contributed by atoms with Crippen LogP contribution in [-0.4, -0.2) is 23.4 Å². The number of hydrogen-bond donors (Lipinski definition) is 0. The van der Waals surface area contributed by atoms with Gasteiger partial charge in [-0.15, -0.1) is 0 Å². The highest BCUT2D eigenvalue weighted by Crippen LogP contribution is 2.58. The van der Waals surface area contributed by atoms with Crippen LogP contribution in [0.1, 0.15) is 57.3 Å². The van der Waals surface area contributed by atoms with Gasteiger partial charge in [0.25, 0.3) is 0 Å². The summed E-state index contributed by atoms with van der Waals surface area (Å²) in [6.45, 7) is 6.28. The molecular weight excluding hydrogens is 647 g/mol. The Kier molecular flexibility index (Phi) is 9.11. The Morgan fingerprint density at radius 2 is 1.55 bits per heavy atom. The van der Waals surface area contributed by atoms with E-state index in [0.717, 1.165) is 40.7 Å². The molecule has 1 heterocycles. The number of nitriles is 1. The number of amidine groups is 2. The lowest BCUT2D eigenvalue weighted by molar-refractivity contribution is 0.747. The molecule has 5 nitrogen and oxygen atoms in total. The van der Waals surface area contributed by atoms with Gasteiger partial charge in [-0.25, -0.2) is 9.98 Å². The van der Waals surface area contributed by atoms with Gasteiger partial charge in [-0.05, 0) is 113 Å². The average Bonchev–Trinajstić information content (AvgIpc) is 3.53. The minimum absolute atomic E-state index is 0.418. The Labute approximate surface area is 310 Å². The van der Waals surface area contributed by atoms with Crippen molar-refractivity contribution >= 4 is 18.4 Å². The van der Waals surface area contributed by atoms with Crippen LogP contribution in [0.2, 0.25) is 0 Å². The van der Waals surface area contributed by atoms with Crippen LogP contribution in [-0.2, 0) is 12.0 Å². The molecule has 0 bridgehead atoms.